The number of carbonyl (C=O) groups excluding carboxylic acids is 1. The number of hydrogen-bond donors (Lipinski definition) is 1. The van der Waals surface area contributed by atoms with E-state index in [4.69, 9.17) is 5.11 Å². The van der Waals surface area contributed by atoms with Gasteiger partial charge in [0.05, 0.1) is 12.0 Å². The molecule has 0 bridgehead atoms. The van der Waals surface area contributed by atoms with Crippen molar-refractivity contribution in [1.29, 1.82) is 0 Å². The highest BCUT2D eigenvalue weighted by Gasteiger charge is 2.10. The predicted molar refractivity (Wildman–Crippen MR) is 47.4 cm³/mol. The van der Waals surface area contributed by atoms with E-state index in [0.29, 0.717) is 5.56 Å². The second kappa shape index (κ2) is 4.41. The van der Waals surface area contributed by atoms with Crippen LogP contribution in [0.3, 0.4) is 0 Å². The first-order valence-corrected chi connectivity index (χ1v) is 4.12. The Bertz CT molecular complexity index is 357. The van der Waals surface area contributed by atoms with Crippen LogP contribution < -0.4 is 0 Å². The summed E-state index contributed by atoms with van der Waals surface area (Å²) in [7, 11) is 0. The van der Waals surface area contributed by atoms with E-state index in [1.165, 1.54) is 6.07 Å². The van der Waals surface area contributed by atoms with Crippen LogP contribution >= 0.6 is 0 Å². The molecule has 0 aliphatic carbocycles. The summed E-state index contributed by atoms with van der Waals surface area (Å²) in [5.41, 5.74) is 0.665. The number of carboxylic acids is 1. The summed E-state index contributed by atoms with van der Waals surface area (Å²) in [6.07, 6.45) is 0.0229. The number of rotatable bonds is 4. The van der Waals surface area contributed by atoms with Crippen molar-refractivity contribution in [1.82, 2.24) is 0 Å². The van der Waals surface area contributed by atoms with E-state index in [-0.39, 0.29) is 18.4 Å². The van der Waals surface area contributed by atoms with Crippen molar-refractivity contribution < 1.29 is 19.8 Å². The van der Waals surface area contributed by atoms with E-state index in [2.05, 4.69) is 0 Å². The highest BCUT2D eigenvalue weighted by molar-refractivity contribution is 5.89. The molecule has 1 aromatic rings. The van der Waals surface area contributed by atoms with E-state index < -0.39 is 11.9 Å². The Morgan fingerprint density at radius 1 is 1.21 bits per heavy atom. The Kier molecular flexibility index (Phi) is 3.23. The molecule has 0 saturated carbocycles. The lowest BCUT2D eigenvalue weighted by molar-refractivity contribution is -0.143. The van der Waals surface area contributed by atoms with Gasteiger partial charge in [-0.05, 0) is 18.1 Å². The standard InChI is InChI=1S/C10H9O4/c11-9(12)6-5-7-3-1-2-4-8(7)10(13)14/h1-4H,5-6H2,(H,13,14). The fourth-order valence-corrected chi connectivity index (χ4v) is 1.18. The number of carboxylic acid groups (broad SMARTS) is 1. The van der Waals surface area contributed by atoms with Crippen LogP contribution in [0.15, 0.2) is 24.3 Å². The molecular formula is C10H9O4. The van der Waals surface area contributed by atoms with E-state index in [1.807, 2.05) is 0 Å². The molecule has 0 saturated heterocycles. The Labute approximate surface area is 80.8 Å². The topological polar surface area (TPSA) is 74.3 Å². The molecule has 4 nitrogen and oxygen atoms in total. The van der Waals surface area contributed by atoms with Gasteiger partial charge < -0.3 is 5.11 Å². The van der Waals surface area contributed by atoms with Crippen LogP contribution in [0.4, 0.5) is 0 Å². The van der Waals surface area contributed by atoms with E-state index in [0.717, 1.165) is 0 Å². The minimum absolute atomic E-state index is 0.147. The summed E-state index contributed by atoms with van der Waals surface area (Å²) in [4.78, 5) is 20.9. The fraction of sp³-hybridized carbons (Fsp3) is 0.200. The maximum atomic E-state index is 10.7. The fourth-order valence-electron chi connectivity index (χ4n) is 1.18. The predicted octanol–water partition coefficient (Wildman–Crippen LogP) is 1.27. The minimum Gasteiger partial charge on any atom is -0.478 e. The Balaban J connectivity index is 2.84. The van der Waals surface area contributed by atoms with Crippen LogP contribution in [0.25, 0.3) is 0 Å². The second-order valence-electron chi connectivity index (χ2n) is 2.83. The van der Waals surface area contributed by atoms with E-state index in [9.17, 15) is 14.7 Å². The number of aromatic carboxylic acids is 1. The molecule has 0 fully saturated rings. The third-order valence-corrected chi connectivity index (χ3v) is 1.85. The largest absolute Gasteiger partial charge is 0.478 e. The maximum Gasteiger partial charge on any atom is 0.355 e. The molecule has 1 aromatic carbocycles. The van der Waals surface area contributed by atoms with Crippen molar-refractivity contribution in [3.8, 4) is 0 Å². The molecule has 14 heavy (non-hydrogen) atoms. The third kappa shape index (κ3) is 2.58. The van der Waals surface area contributed by atoms with Gasteiger partial charge in [0, 0.05) is 0 Å². The van der Waals surface area contributed by atoms with Gasteiger partial charge in [-0.1, -0.05) is 18.2 Å². The summed E-state index contributed by atoms with van der Waals surface area (Å²) in [6, 6.07) is 6.34. The normalized spacial score (nSPS) is 9.71. The van der Waals surface area contributed by atoms with Crippen molar-refractivity contribution in [2.45, 2.75) is 12.8 Å². The maximum absolute atomic E-state index is 10.7. The lowest BCUT2D eigenvalue weighted by Crippen LogP contribution is -2.04. The second-order valence-corrected chi connectivity index (χ2v) is 2.83. The van der Waals surface area contributed by atoms with Crippen LogP contribution in [0.5, 0.6) is 0 Å². The molecule has 0 spiro atoms. The average molecular weight is 193 g/mol. The molecule has 0 amide bonds. The number of hydrogen-bond acceptors (Lipinski definition) is 2. The zero-order chi connectivity index (χ0) is 10.6. The van der Waals surface area contributed by atoms with Crippen LogP contribution in [0.2, 0.25) is 0 Å². The molecule has 0 aliphatic heterocycles. The number of benzene rings is 1. The van der Waals surface area contributed by atoms with Crippen LogP contribution in [0.1, 0.15) is 22.3 Å². The van der Waals surface area contributed by atoms with Gasteiger partial charge in [-0.15, -0.1) is 0 Å². The Morgan fingerprint density at radius 2 is 1.86 bits per heavy atom. The Morgan fingerprint density at radius 3 is 2.43 bits per heavy atom. The van der Waals surface area contributed by atoms with Crippen molar-refractivity contribution in [2.24, 2.45) is 0 Å². The third-order valence-electron chi connectivity index (χ3n) is 1.85. The lowest BCUT2D eigenvalue weighted by atomic mass is 10.0. The average Bonchev–Trinajstić information content (AvgIpc) is 2.15. The van der Waals surface area contributed by atoms with Crippen molar-refractivity contribution >= 4 is 11.9 Å². The summed E-state index contributed by atoms with van der Waals surface area (Å²) in [5, 5.41) is 19.0. The molecule has 4 heteroatoms. The van der Waals surface area contributed by atoms with Gasteiger partial charge in [0.1, 0.15) is 0 Å². The van der Waals surface area contributed by atoms with Gasteiger partial charge in [-0.25, -0.2) is 14.7 Å². The summed E-state index contributed by atoms with van der Waals surface area (Å²) in [5.74, 6) is -2.22. The van der Waals surface area contributed by atoms with Gasteiger partial charge in [-0.2, -0.15) is 0 Å². The van der Waals surface area contributed by atoms with E-state index in [1.54, 1.807) is 18.2 Å². The highest BCUT2D eigenvalue weighted by Crippen LogP contribution is 2.10. The van der Waals surface area contributed by atoms with Gasteiger partial charge >= 0.3 is 11.9 Å². The molecule has 73 valence electrons. The Hall–Kier alpha value is -1.84. The molecule has 1 radical (unpaired) electrons. The van der Waals surface area contributed by atoms with Gasteiger partial charge in [-0.3, -0.25) is 0 Å². The molecule has 1 N–H and O–H groups in total. The van der Waals surface area contributed by atoms with Crippen molar-refractivity contribution in [3.05, 3.63) is 35.4 Å². The number of aryl methyl sites for hydroxylation is 1. The SMILES string of the molecule is [O]C(=O)CCc1ccccc1C(=O)O. The van der Waals surface area contributed by atoms with Gasteiger partial charge in [0.2, 0.25) is 0 Å². The van der Waals surface area contributed by atoms with Gasteiger partial charge in [0.15, 0.2) is 0 Å². The molecular weight excluding hydrogens is 184 g/mol. The van der Waals surface area contributed by atoms with Crippen LogP contribution in [0, 0.1) is 0 Å². The quantitative estimate of drug-likeness (QED) is 0.782. The smallest absolute Gasteiger partial charge is 0.355 e. The van der Waals surface area contributed by atoms with Crippen molar-refractivity contribution in [3.63, 3.8) is 0 Å². The summed E-state index contributed by atoms with van der Waals surface area (Å²) < 4.78 is 0. The molecule has 0 unspecified atom stereocenters. The summed E-state index contributed by atoms with van der Waals surface area (Å²) >= 11 is 0. The van der Waals surface area contributed by atoms with Crippen LogP contribution in [-0.4, -0.2) is 17.0 Å². The summed E-state index contributed by atoms with van der Waals surface area (Å²) in [6.45, 7) is 0. The molecule has 0 aliphatic rings. The monoisotopic (exact) mass is 193 g/mol. The minimum atomic E-state index is -1.18. The van der Waals surface area contributed by atoms with Crippen molar-refractivity contribution in [2.75, 3.05) is 0 Å². The zero-order valence-electron chi connectivity index (χ0n) is 7.40. The zero-order valence-corrected chi connectivity index (χ0v) is 7.40. The molecule has 0 aromatic heterocycles. The highest BCUT2D eigenvalue weighted by atomic mass is 16.4. The first-order valence-electron chi connectivity index (χ1n) is 4.12. The number of carbonyl (C=O) groups is 2. The van der Waals surface area contributed by atoms with Crippen LogP contribution in [-0.2, 0) is 16.3 Å². The van der Waals surface area contributed by atoms with E-state index >= 15 is 0 Å². The van der Waals surface area contributed by atoms with Gasteiger partial charge in [0.25, 0.3) is 0 Å². The first kappa shape index (κ1) is 10.2. The molecule has 0 heterocycles. The lowest BCUT2D eigenvalue weighted by Gasteiger charge is -2.02. The first-order chi connectivity index (χ1) is 6.61. The molecule has 1 rings (SSSR count). The molecule has 0 atom stereocenters.